The second kappa shape index (κ2) is 7.35. The molecular formula is C16H22FN3O2. The van der Waals surface area contributed by atoms with Crippen molar-refractivity contribution in [1.82, 2.24) is 9.80 Å². The first-order valence-electron chi connectivity index (χ1n) is 7.44. The number of likely N-dealkylation sites (tertiary alicyclic amines) is 1. The second-order valence-corrected chi connectivity index (χ2v) is 5.90. The van der Waals surface area contributed by atoms with Gasteiger partial charge in [-0.1, -0.05) is 6.07 Å². The molecule has 22 heavy (non-hydrogen) atoms. The zero-order valence-corrected chi connectivity index (χ0v) is 13.0. The van der Waals surface area contributed by atoms with E-state index in [0.29, 0.717) is 18.8 Å². The summed E-state index contributed by atoms with van der Waals surface area (Å²) < 4.78 is 13.1. The molecule has 1 saturated heterocycles. The number of amides is 2. The Hall–Kier alpha value is -1.95. The van der Waals surface area contributed by atoms with Gasteiger partial charge in [-0.3, -0.25) is 9.59 Å². The first-order valence-corrected chi connectivity index (χ1v) is 7.44. The Morgan fingerprint density at radius 2 is 2.23 bits per heavy atom. The third-order valence-electron chi connectivity index (χ3n) is 3.71. The summed E-state index contributed by atoms with van der Waals surface area (Å²) in [5.74, 6) is -0.979. The average molecular weight is 307 g/mol. The molecule has 5 nitrogen and oxygen atoms in total. The van der Waals surface area contributed by atoms with Crippen molar-refractivity contribution in [3.8, 4) is 0 Å². The largest absolute Gasteiger partial charge is 0.342 e. The van der Waals surface area contributed by atoms with Gasteiger partial charge >= 0.3 is 0 Å². The molecule has 0 bridgehead atoms. The van der Waals surface area contributed by atoms with Crippen molar-refractivity contribution in [2.75, 3.05) is 39.0 Å². The van der Waals surface area contributed by atoms with Crippen LogP contribution in [0.15, 0.2) is 24.3 Å². The molecule has 0 saturated carbocycles. The van der Waals surface area contributed by atoms with Gasteiger partial charge in [0, 0.05) is 25.2 Å². The molecule has 1 aromatic rings. The van der Waals surface area contributed by atoms with E-state index >= 15 is 0 Å². The minimum absolute atomic E-state index is 0.0122. The SMILES string of the molecule is CN(C)CCCN1CC(C(=O)Nc2cccc(F)c2)CC1=O. The molecule has 1 fully saturated rings. The molecule has 0 spiro atoms. The molecule has 1 aromatic carbocycles. The Bertz CT molecular complexity index is 548. The van der Waals surface area contributed by atoms with Gasteiger partial charge in [-0.15, -0.1) is 0 Å². The van der Waals surface area contributed by atoms with Crippen LogP contribution < -0.4 is 5.32 Å². The maximum absolute atomic E-state index is 13.1. The predicted molar refractivity (Wildman–Crippen MR) is 82.9 cm³/mol. The highest BCUT2D eigenvalue weighted by Gasteiger charge is 2.33. The van der Waals surface area contributed by atoms with E-state index in [1.165, 1.54) is 18.2 Å². The molecule has 2 amide bonds. The van der Waals surface area contributed by atoms with Gasteiger partial charge in [-0.25, -0.2) is 4.39 Å². The summed E-state index contributed by atoms with van der Waals surface area (Å²) in [4.78, 5) is 27.9. The number of rotatable bonds is 6. The van der Waals surface area contributed by atoms with E-state index in [1.54, 1.807) is 11.0 Å². The normalized spacial score (nSPS) is 18.1. The van der Waals surface area contributed by atoms with Gasteiger partial charge < -0.3 is 15.1 Å². The molecule has 1 heterocycles. The van der Waals surface area contributed by atoms with Crippen molar-refractivity contribution in [2.45, 2.75) is 12.8 Å². The first-order chi connectivity index (χ1) is 10.5. The average Bonchev–Trinajstić information content (AvgIpc) is 2.80. The van der Waals surface area contributed by atoms with Crippen molar-refractivity contribution in [3.63, 3.8) is 0 Å². The molecule has 1 unspecified atom stereocenters. The van der Waals surface area contributed by atoms with Crippen LogP contribution in [0.4, 0.5) is 10.1 Å². The molecule has 0 radical (unpaired) electrons. The van der Waals surface area contributed by atoms with Crippen LogP contribution in [0.1, 0.15) is 12.8 Å². The topological polar surface area (TPSA) is 52.6 Å². The van der Waals surface area contributed by atoms with Crippen LogP contribution in [0.5, 0.6) is 0 Å². The minimum atomic E-state index is -0.398. The first kappa shape index (κ1) is 16.4. The van der Waals surface area contributed by atoms with E-state index < -0.39 is 5.82 Å². The van der Waals surface area contributed by atoms with Gasteiger partial charge in [0.25, 0.3) is 0 Å². The Kier molecular flexibility index (Phi) is 5.49. The molecule has 1 aliphatic heterocycles. The summed E-state index contributed by atoms with van der Waals surface area (Å²) in [7, 11) is 3.97. The van der Waals surface area contributed by atoms with Crippen LogP contribution in [-0.2, 0) is 9.59 Å². The molecule has 2 rings (SSSR count). The van der Waals surface area contributed by atoms with Gasteiger partial charge in [-0.2, -0.15) is 0 Å². The Morgan fingerprint density at radius 3 is 2.91 bits per heavy atom. The van der Waals surface area contributed by atoms with Crippen molar-refractivity contribution < 1.29 is 14.0 Å². The van der Waals surface area contributed by atoms with E-state index in [1.807, 2.05) is 14.1 Å². The van der Waals surface area contributed by atoms with E-state index in [2.05, 4.69) is 10.2 Å². The van der Waals surface area contributed by atoms with E-state index in [-0.39, 0.29) is 24.2 Å². The second-order valence-electron chi connectivity index (χ2n) is 5.90. The standard InChI is InChI=1S/C16H22FN3O2/c1-19(2)7-4-8-20-11-12(9-15(20)21)16(22)18-14-6-3-5-13(17)10-14/h3,5-6,10,12H,4,7-9,11H2,1-2H3,(H,18,22). The highest BCUT2D eigenvalue weighted by atomic mass is 19.1. The maximum atomic E-state index is 13.1. The third-order valence-corrected chi connectivity index (χ3v) is 3.71. The fourth-order valence-electron chi connectivity index (χ4n) is 2.55. The van der Waals surface area contributed by atoms with E-state index in [0.717, 1.165) is 13.0 Å². The molecule has 0 aromatic heterocycles. The summed E-state index contributed by atoms with van der Waals surface area (Å²) in [6.07, 6.45) is 1.11. The minimum Gasteiger partial charge on any atom is -0.342 e. The quantitative estimate of drug-likeness (QED) is 0.868. The number of nitrogens with zero attached hydrogens (tertiary/aromatic N) is 2. The number of carbonyl (C=O) groups excluding carboxylic acids is 2. The van der Waals surface area contributed by atoms with E-state index in [4.69, 9.17) is 0 Å². The Balaban J connectivity index is 1.85. The number of halogens is 1. The summed E-state index contributed by atoms with van der Waals surface area (Å²) in [5.41, 5.74) is 0.420. The van der Waals surface area contributed by atoms with Crippen molar-refractivity contribution in [1.29, 1.82) is 0 Å². The Morgan fingerprint density at radius 1 is 1.45 bits per heavy atom. The Labute approximate surface area is 130 Å². The third kappa shape index (κ3) is 4.53. The van der Waals surface area contributed by atoms with Crippen LogP contribution in [0.25, 0.3) is 0 Å². The zero-order valence-electron chi connectivity index (χ0n) is 13.0. The van der Waals surface area contributed by atoms with Crippen molar-refractivity contribution in [3.05, 3.63) is 30.1 Å². The lowest BCUT2D eigenvalue weighted by Gasteiger charge is -2.18. The predicted octanol–water partition coefficient (Wildman–Crippen LogP) is 1.56. The van der Waals surface area contributed by atoms with E-state index in [9.17, 15) is 14.0 Å². The van der Waals surface area contributed by atoms with Gasteiger partial charge in [0.2, 0.25) is 11.8 Å². The highest BCUT2D eigenvalue weighted by molar-refractivity contribution is 5.97. The van der Waals surface area contributed by atoms with Crippen LogP contribution in [0.3, 0.4) is 0 Å². The molecule has 0 aliphatic carbocycles. The van der Waals surface area contributed by atoms with Crippen LogP contribution in [0.2, 0.25) is 0 Å². The lowest BCUT2D eigenvalue weighted by molar-refractivity contribution is -0.128. The summed E-state index contributed by atoms with van der Waals surface area (Å²) in [6, 6.07) is 5.76. The lowest BCUT2D eigenvalue weighted by Crippen LogP contribution is -2.30. The molecule has 120 valence electrons. The van der Waals surface area contributed by atoms with Gasteiger partial charge in [0.05, 0.1) is 5.92 Å². The molecule has 1 atom stereocenters. The van der Waals surface area contributed by atoms with Gasteiger partial charge in [0.1, 0.15) is 5.82 Å². The van der Waals surface area contributed by atoms with Crippen LogP contribution in [0, 0.1) is 11.7 Å². The van der Waals surface area contributed by atoms with Crippen molar-refractivity contribution >= 4 is 17.5 Å². The van der Waals surface area contributed by atoms with Gasteiger partial charge in [0.15, 0.2) is 0 Å². The van der Waals surface area contributed by atoms with Crippen molar-refractivity contribution in [2.24, 2.45) is 5.92 Å². The molecule has 1 aliphatic rings. The molecule has 6 heteroatoms. The fourth-order valence-corrected chi connectivity index (χ4v) is 2.55. The summed E-state index contributed by atoms with van der Waals surface area (Å²) in [6.45, 7) is 2.01. The number of carbonyl (C=O) groups is 2. The van der Waals surface area contributed by atoms with Crippen LogP contribution in [-0.4, -0.2) is 55.3 Å². The number of anilines is 1. The number of benzene rings is 1. The maximum Gasteiger partial charge on any atom is 0.229 e. The fraction of sp³-hybridized carbons (Fsp3) is 0.500. The summed E-state index contributed by atoms with van der Waals surface area (Å²) >= 11 is 0. The number of hydrogen-bond donors (Lipinski definition) is 1. The number of hydrogen-bond acceptors (Lipinski definition) is 3. The lowest BCUT2D eigenvalue weighted by atomic mass is 10.1. The number of nitrogens with one attached hydrogen (secondary N) is 1. The monoisotopic (exact) mass is 307 g/mol. The molecule has 1 N–H and O–H groups in total. The summed E-state index contributed by atoms with van der Waals surface area (Å²) in [5, 5.41) is 2.67. The molecular weight excluding hydrogens is 285 g/mol. The smallest absolute Gasteiger partial charge is 0.229 e. The zero-order chi connectivity index (χ0) is 16.1. The van der Waals surface area contributed by atoms with Crippen LogP contribution >= 0.6 is 0 Å². The van der Waals surface area contributed by atoms with Gasteiger partial charge in [-0.05, 0) is 45.3 Å². The highest BCUT2D eigenvalue weighted by Crippen LogP contribution is 2.20.